The molecule has 1 rings (SSSR count). The molecule has 0 aliphatic heterocycles. The zero-order chi connectivity index (χ0) is 15.6. The van der Waals surface area contributed by atoms with Crippen molar-refractivity contribution in [2.24, 2.45) is 11.1 Å². The topological polar surface area (TPSA) is 89.3 Å². The molecule has 3 N–H and O–H groups in total. The lowest BCUT2D eigenvalue weighted by Crippen LogP contribution is -2.41. The van der Waals surface area contributed by atoms with Crippen LogP contribution < -0.4 is 11.1 Å². The second-order valence-electron chi connectivity index (χ2n) is 5.96. The first-order valence-corrected chi connectivity index (χ1v) is 8.03. The summed E-state index contributed by atoms with van der Waals surface area (Å²) in [5.74, 6) is -0.300. The summed E-state index contributed by atoms with van der Waals surface area (Å²) in [6, 6.07) is 5.65. The molecule has 0 aliphatic carbocycles. The van der Waals surface area contributed by atoms with Gasteiger partial charge in [0, 0.05) is 18.7 Å². The van der Waals surface area contributed by atoms with E-state index in [9.17, 15) is 13.2 Å². The van der Waals surface area contributed by atoms with Gasteiger partial charge in [-0.25, -0.2) is 8.42 Å². The molecule has 1 amide bonds. The van der Waals surface area contributed by atoms with E-state index in [-0.39, 0.29) is 22.0 Å². The summed E-state index contributed by atoms with van der Waals surface area (Å²) < 4.78 is 24.5. The van der Waals surface area contributed by atoms with Crippen LogP contribution in [-0.4, -0.2) is 26.1 Å². The molecule has 0 aromatic heterocycles. The maximum absolute atomic E-state index is 12.3. The number of benzene rings is 1. The van der Waals surface area contributed by atoms with Crippen molar-refractivity contribution < 1.29 is 13.2 Å². The number of nitrogens with one attached hydrogen (secondary N) is 1. The molecule has 0 radical (unpaired) electrons. The Morgan fingerprint density at radius 2 is 1.75 bits per heavy atom. The van der Waals surface area contributed by atoms with Gasteiger partial charge in [0.15, 0.2) is 9.84 Å². The minimum atomic E-state index is -3.43. The average Bonchev–Trinajstić information content (AvgIpc) is 2.26. The quantitative estimate of drug-likeness (QED) is 0.887. The predicted molar refractivity (Wildman–Crippen MR) is 80.2 cm³/mol. The lowest BCUT2D eigenvalue weighted by atomic mass is 9.89. The minimum absolute atomic E-state index is 0.101. The van der Waals surface area contributed by atoms with Crippen LogP contribution in [0.1, 0.15) is 27.7 Å². The monoisotopic (exact) mass is 298 g/mol. The van der Waals surface area contributed by atoms with Gasteiger partial charge >= 0.3 is 0 Å². The Morgan fingerprint density at radius 1 is 1.25 bits per heavy atom. The van der Waals surface area contributed by atoms with E-state index in [1.54, 1.807) is 12.1 Å². The Kier molecular flexibility index (Phi) is 4.94. The van der Waals surface area contributed by atoms with Crippen molar-refractivity contribution in [2.45, 2.75) is 38.6 Å². The summed E-state index contributed by atoms with van der Waals surface area (Å²) in [4.78, 5) is 11.1. The maximum Gasteiger partial charge on any atom is 0.221 e. The first-order valence-electron chi connectivity index (χ1n) is 6.38. The van der Waals surface area contributed by atoms with Crippen LogP contribution in [0.4, 0.5) is 5.69 Å². The van der Waals surface area contributed by atoms with Crippen molar-refractivity contribution in [3.8, 4) is 0 Å². The molecule has 0 spiro atoms. The van der Waals surface area contributed by atoms with Gasteiger partial charge in [0.05, 0.1) is 10.6 Å². The zero-order valence-electron chi connectivity index (χ0n) is 12.3. The molecule has 1 atom stereocenters. The van der Waals surface area contributed by atoms with Crippen molar-refractivity contribution in [3.05, 3.63) is 24.3 Å². The molecule has 1 unspecified atom stereocenters. The van der Waals surface area contributed by atoms with Gasteiger partial charge in [0.25, 0.3) is 0 Å². The number of rotatable bonds is 4. The van der Waals surface area contributed by atoms with E-state index >= 15 is 0 Å². The maximum atomic E-state index is 12.3. The fraction of sp³-hybridized carbons (Fsp3) is 0.500. The number of amides is 1. The molecule has 20 heavy (non-hydrogen) atoms. The van der Waals surface area contributed by atoms with E-state index in [1.165, 1.54) is 19.1 Å². The number of carbonyl (C=O) groups excluding carboxylic acids is 1. The van der Waals surface area contributed by atoms with Crippen LogP contribution in [0.2, 0.25) is 0 Å². The molecule has 1 aromatic carbocycles. The van der Waals surface area contributed by atoms with E-state index in [1.807, 2.05) is 20.8 Å². The van der Waals surface area contributed by atoms with E-state index in [0.717, 1.165) is 0 Å². The lowest BCUT2D eigenvalue weighted by molar-refractivity contribution is -0.114. The molecule has 6 heteroatoms. The highest BCUT2D eigenvalue weighted by Gasteiger charge is 2.27. The van der Waals surface area contributed by atoms with Crippen molar-refractivity contribution in [1.82, 2.24) is 0 Å². The van der Waals surface area contributed by atoms with E-state index in [2.05, 4.69) is 5.32 Å². The smallest absolute Gasteiger partial charge is 0.221 e. The van der Waals surface area contributed by atoms with Gasteiger partial charge in [-0.2, -0.15) is 0 Å². The summed E-state index contributed by atoms with van der Waals surface area (Å²) in [6.07, 6.45) is 0. The molecular weight excluding hydrogens is 276 g/mol. The number of hydrogen-bond acceptors (Lipinski definition) is 4. The second-order valence-corrected chi connectivity index (χ2v) is 7.99. The van der Waals surface area contributed by atoms with Crippen LogP contribution in [0.15, 0.2) is 29.2 Å². The summed E-state index contributed by atoms with van der Waals surface area (Å²) in [5.41, 5.74) is 6.23. The highest BCUT2D eigenvalue weighted by atomic mass is 32.2. The van der Waals surface area contributed by atoms with E-state index < -0.39 is 15.9 Å². The van der Waals surface area contributed by atoms with Crippen LogP contribution in [0.3, 0.4) is 0 Å². The fourth-order valence-electron chi connectivity index (χ4n) is 1.53. The van der Waals surface area contributed by atoms with Crippen LogP contribution in [-0.2, 0) is 14.6 Å². The molecule has 112 valence electrons. The highest BCUT2D eigenvalue weighted by molar-refractivity contribution is 7.91. The first kappa shape index (κ1) is 16.7. The number of sulfone groups is 1. The Bertz CT molecular complexity index is 571. The Morgan fingerprint density at radius 3 is 2.15 bits per heavy atom. The first-order chi connectivity index (χ1) is 9.02. The van der Waals surface area contributed by atoms with Crippen molar-refractivity contribution in [2.75, 3.05) is 11.1 Å². The average molecular weight is 298 g/mol. The summed E-state index contributed by atoms with van der Waals surface area (Å²) >= 11 is 0. The summed E-state index contributed by atoms with van der Waals surface area (Å²) in [6.45, 7) is 7.13. The second kappa shape index (κ2) is 5.93. The molecule has 0 fully saturated rings. The molecule has 0 saturated heterocycles. The van der Waals surface area contributed by atoms with Gasteiger partial charge in [0.2, 0.25) is 5.91 Å². The fourth-order valence-corrected chi connectivity index (χ4v) is 3.25. The summed E-state index contributed by atoms with van der Waals surface area (Å²) in [5, 5.41) is 2.59. The third-order valence-corrected chi connectivity index (χ3v) is 4.83. The Labute approximate surface area is 120 Å². The molecule has 0 aliphatic rings. The minimum Gasteiger partial charge on any atom is -0.326 e. The third-order valence-electron chi connectivity index (χ3n) is 3.05. The Hall–Kier alpha value is -1.40. The number of hydrogen-bond donors (Lipinski definition) is 2. The normalized spacial score (nSPS) is 13.8. The number of carbonyl (C=O) groups is 1. The molecule has 1 aromatic rings. The van der Waals surface area contributed by atoms with Gasteiger partial charge in [0.1, 0.15) is 0 Å². The number of anilines is 1. The molecule has 0 saturated carbocycles. The molecule has 0 heterocycles. The van der Waals surface area contributed by atoms with Crippen LogP contribution in [0.25, 0.3) is 0 Å². The number of nitrogens with two attached hydrogens (primary N) is 1. The van der Waals surface area contributed by atoms with Crippen LogP contribution in [0.5, 0.6) is 0 Å². The van der Waals surface area contributed by atoms with Crippen LogP contribution in [0, 0.1) is 5.41 Å². The van der Waals surface area contributed by atoms with E-state index in [0.29, 0.717) is 5.69 Å². The highest BCUT2D eigenvalue weighted by Crippen LogP contribution is 2.22. The van der Waals surface area contributed by atoms with E-state index in [4.69, 9.17) is 5.73 Å². The summed E-state index contributed by atoms with van der Waals surface area (Å²) in [7, 11) is -3.43. The van der Waals surface area contributed by atoms with Gasteiger partial charge < -0.3 is 11.1 Å². The largest absolute Gasteiger partial charge is 0.326 e. The van der Waals surface area contributed by atoms with Gasteiger partial charge in [-0.1, -0.05) is 20.8 Å². The van der Waals surface area contributed by atoms with Crippen LogP contribution >= 0.6 is 0 Å². The molecule has 0 bridgehead atoms. The third kappa shape index (κ3) is 4.61. The van der Waals surface area contributed by atoms with Crippen molar-refractivity contribution >= 4 is 21.4 Å². The zero-order valence-corrected chi connectivity index (χ0v) is 13.1. The lowest BCUT2D eigenvalue weighted by Gasteiger charge is -2.26. The Balaban J connectivity index is 2.91. The standard InChI is InChI=1S/C14H22N2O3S/c1-10(17)16-11-5-7-12(8-6-11)20(18,19)9-13(15)14(2,3)4/h5-8,13H,9,15H2,1-4H3,(H,16,17). The molecular formula is C14H22N2O3S. The van der Waals surface area contributed by atoms with Gasteiger partial charge in [-0.15, -0.1) is 0 Å². The van der Waals surface area contributed by atoms with Gasteiger partial charge in [-0.05, 0) is 29.7 Å². The molecule has 5 nitrogen and oxygen atoms in total. The van der Waals surface area contributed by atoms with Crippen molar-refractivity contribution in [1.29, 1.82) is 0 Å². The van der Waals surface area contributed by atoms with Crippen molar-refractivity contribution in [3.63, 3.8) is 0 Å². The predicted octanol–water partition coefficient (Wildman–Crippen LogP) is 1.79. The van der Waals surface area contributed by atoms with Gasteiger partial charge in [-0.3, -0.25) is 4.79 Å². The SMILES string of the molecule is CC(=O)Nc1ccc(S(=O)(=O)CC(N)C(C)(C)C)cc1.